The summed E-state index contributed by atoms with van der Waals surface area (Å²) in [4.78, 5) is 4.73. The zero-order valence-electron chi connectivity index (χ0n) is 14.3. The Bertz CT molecular complexity index is 713. The number of hydrogen-bond acceptors (Lipinski definition) is 5. The highest BCUT2D eigenvalue weighted by Gasteiger charge is 2.26. The maximum Gasteiger partial charge on any atom is 0.231 e. The quantitative estimate of drug-likeness (QED) is 0.841. The van der Waals surface area contributed by atoms with Gasteiger partial charge in [0, 0.05) is 25.8 Å². The van der Waals surface area contributed by atoms with E-state index < -0.39 is 0 Å². The molecule has 0 aliphatic carbocycles. The summed E-state index contributed by atoms with van der Waals surface area (Å²) in [6.07, 6.45) is 3.03. The molecule has 1 atom stereocenters. The van der Waals surface area contributed by atoms with Crippen LogP contribution in [0.25, 0.3) is 0 Å². The van der Waals surface area contributed by atoms with E-state index in [0.29, 0.717) is 12.8 Å². The van der Waals surface area contributed by atoms with Crippen LogP contribution in [-0.4, -0.2) is 53.6 Å². The normalized spacial score (nSPS) is 19.7. The smallest absolute Gasteiger partial charge is 0.231 e. The third kappa shape index (κ3) is 3.12. The van der Waals surface area contributed by atoms with Crippen molar-refractivity contribution in [2.75, 3.05) is 34.0 Å². The van der Waals surface area contributed by atoms with E-state index in [2.05, 4.69) is 51.9 Å². The van der Waals surface area contributed by atoms with Crippen molar-refractivity contribution in [3.8, 4) is 11.5 Å². The van der Waals surface area contributed by atoms with E-state index in [0.717, 1.165) is 44.1 Å². The van der Waals surface area contributed by atoms with Gasteiger partial charge in [-0.3, -0.25) is 9.58 Å². The Kier molecular flexibility index (Phi) is 4.16. The zero-order chi connectivity index (χ0) is 16.5. The summed E-state index contributed by atoms with van der Waals surface area (Å²) >= 11 is 0. The van der Waals surface area contributed by atoms with E-state index >= 15 is 0 Å². The molecule has 0 radical (unpaired) electrons. The van der Waals surface area contributed by atoms with Crippen molar-refractivity contribution in [2.45, 2.75) is 25.6 Å². The van der Waals surface area contributed by atoms with Crippen LogP contribution in [0.5, 0.6) is 11.5 Å². The van der Waals surface area contributed by atoms with Crippen LogP contribution in [0.1, 0.15) is 23.7 Å². The molecule has 0 amide bonds. The maximum absolute atomic E-state index is 5.50. The molecule has 4 rings (SSSR count). The van der Waals surface area contributed by atoms with Crippen LogP contribution in [0.3, 0.4) is 0 Å². The Hall–Kier alpha value is -2.05. The Morgan fingerprint density at radius 2 is 2.08 bits per heavy atom. The summed E-state index contributed by atoms with van der Waals surface area (Å²) in [6.45, 7) is 4.28. The molecule has 1 aromatic carbocycles. The predicted octanol–water partition coefficient (Wildman–Crippen LogP) is 2.12. The average molecular weight is 328 g/mol. The molecule has 0 saturated heterocycles. The fraction of sp³-hybridized carbons (Fsp3) is 0.500. The lowest BCUT2D eigenvalue weighted by Crippen LogP contribution is -2.38. The molecule has 0 fully saturated rings. The Balaban J connectivity index is 1.48. The molecule has 0 bridgehead atoms. The largest absolute Gasteiger partial charge is 0.454 e. The number of nitrogens with zero attached hydrogens (tertiary/aromatic N) is 4. The van der Waals surface area contributed by atoms with Gasteiger partial charge in [0.1, 0.15) is 0 Å². The van der Waals surface area contributed by atoms with E-state index in [9.17, 15) is 0 Å². The van der Waals surface area contributed by atoms with Crippen LogP contribution in [0.2, 0.25) is 0 Å². The Labute approximate surface area is 142 Å². The van der Waals surface area contributed by atoms with Gasteiger partial charge in [0.05, 0.1) is 11.7 Å². The summed E-state index contributed by atoms with van der Waals surface area (Å²) in [7, 11) is 4.24. The minimum atomic E-state index is 0.328. The standard InChI is InChI=1S/C18H24N4O2/c1-20(2)8-6-16-12-21(11-15-5-7-19-22(15)16)10-14-3-4-17-18(9-14)24-13-23-17/h3-5,7,9,16H,6,8,10-13H2,1-2H3/t16-/m1/s1. The van der Waals surface area contributed by atoms with Gasteiger partial charge in [-0.05, 0) is 50.8 Å². The average Bonchev–Trinajstić information content (AvgIpc) is 3.20. The minimum absolute atomic E-state index is 0.328. The van der Waals surface area contributed by atoms with E-state index in [1.165, 1.54) is 11.3 Å². The van der Waals surface area contributed by atoms with E-state index in [4.69, 9.17) is 9.47 Å². The lowest BCUT2D eigenvalue weighted by Gasteiger charge is -2.34. The monoisotopic (exact) mass is 328 g/mol. The van der Waals surface area contributed by atoms with Crippen LogP contribution < -0.4 is 9.47 Å². The lowest BCUT2D eigenvalue weighted by atomic mass is 10.1. The maximum atomic E-state index is 5.50. The molecule has 0 unspecified atom stereocenters. The molecule has 2 aromatic rings. The molecule has 3 heterocycles. The molecule has 0 spiro atoms. The molecule has 0 N–H and O–H groups in total. The molecule has 2 aliphatic heterocycles. The van der Waals surface area contributed by atoms with Gasteiger partial charge < -0.3 is 14.4 Å². The predicted molar refractivity (Wildman–Crippen MR) is 91.1 cm³/mol. The number of ether oxygens (including phenoxy) is 2. The fourth-order valence-electron chi connectivity index (χ4n) is 3.50. The first kappa shape index (κ1) is 15.5. The number of aromatic nitrogens is 2. The number of rotatable bonds is 5. The van der Waals surface area contributed by atoms with Gasteiger partial charge >= 0.3 is 0 Å². The van der Waals surface area contributed by atoms with Gasteiger partial charge in [-0.1, -0.05) is 6.07 Å². The first-order valence-electron chi connectivity index (χ1n) is 8.47. The molecule has 1 aromatic heterocycles. The van der Waals surface area contributed by atoms with Gasteiger partial charge in [0.15, 0.2) is 11.5 Å². The second-order valence-corrected chi connectivity index (χ2v) is 6.87. The van der Waals surface area contributed by atoms with Crippen molar-refractivity contribution in [1.82, 2.24) is 19.6 Å². The Morgan fingerprint density at radius 3 is 2.96 bits per heavy atom. The van der Waals surface area contributed by atoms with Crippen molar-refractivity contribution in [3.05, 3.63) is 41.7 Å². The molecule has 6 heteroatoms. The number of benzene rings is 1. The second kappa shape index (κ2) is 6.45. The summed E-state index contributed by atoms with van der Waals surface area (Å²) in [6, 6.07) is 8.81. The van der Waals surface area contributed by atoms with Gasteiger partial charge in [-0.2, -0.15) is 5.10 Å². The third-order valence-corrected chi connectivity index (χ3v) is 4.71. The van der Waals surface area contributed by atoms with Crippen molar-refractivity contribution >= 4 is 0 Å². The highest BCUT2D eigenvalue weighted by atomic mass is 16.7. The summed E-state index contributed by atoms with van der Waals surface area (Å²) in [5.41, 5.74) is 2.56. The van der Waals surface area contributed by atoms with Gasteiger partial charge in [-0.15, -0.1) is 0 Å². The van der Waals surface area contributed by atoms with Crippen molar-refractivity contribution in [1.29, 1.82) is 0 Å². The highest BCUT2D eigenvalue weighted by molar-refractivity contribution is 5.44. The van der Waals surface area contributed by atoms with Crippen molar-refractivity contribution in [2.24, 2.45) is 0 Å². The first-order valence-corrected chi connectivity index (χ1v) is 8.47. The molecular weight excluding hydrogens is 304 g/mol. The fourth-order valence-corrected chi connectivity index (χ4v) is 3.50. The Morgan fingerprint density at radius 1 is 1.21 bits per heavy atom. The lowest BCUT2D eigenvalue weighted by molar-refractivity contribution is 0.154. The van der Waals surface area contributed by atoms with E-state index in [-0.39, 0.29) is 0 Å². The van der Waals surface area contributed by atoms with Crippen LogP contribution in [0, 0.1) is 0 Å². The van der Waals surface area contributed by atoms with Crippen molar-refractivity contribution in [3.63, 3.8) is 0 Å². The molecular formula is C18H24N4O2. The summed E-state index contributed by atoms with van der Waals surface area (Å²) in [5, 5.41) is 4.54. The summed E-state index contributed by atoms with van der Waals surface area (Å²) < 4.78 is 13.1. The topological polar surface area (TPSA) is 42.8 Å². The zero-order valence-corrected chi connectivity index (χ0v) is 14.3. The van der Waals surface area contributed by atoms with Gasteiger partial charge in [-0.25, -0.2) is 0 Å². The second-order valence-electron chi connectivity index (χ2n) is 6.87. The number of hydrogen-bond donors (Lipinski definition) is 0. The van der Waals surface area contributed by atoms with Crippen molar-refractivity contribution < 1.29 is 9.47 Å². The molecule has 128 valence electrons. The minimum Gasteiger partial charge on any atom is -0.454 e. The van der Waals surface area contributed by atoms with Crippen LogP contribution in [0.4, 0.5) is 0 Å². The highest BCUT2D eigenvalue weighted by Crippen LogP contribution is 2.33. The molecule has 24 heavy (non-hydrogen) atoms. The third-order valence-electron chi connectivity index (χ3n) is 4.71. The van der Waals surface area contributed by atoms with Crippen LogP contribution in [0.15, 0.2) is 30.5 Å². The number of fused-ring (bicyclic) bond motifs is 2. The molecule has 6 nitrogen and oxygen atoms in total. The molecule has 2 aliphatic rings. The molecule has 0 saturated carbocycles. The van der Waals surface area contributed by atoms with E-state index in [1.54, 1.807) is 0 Å². The first-order chi connectivity index (χ1) is 11.7. The van der Waals surface area contributed by atoms with E-state index in [1.807, 2.05) is 12.3 Å². The SMILES string of the molecule is CN(C)CC[C@@H]1CN(Cc2ccc3c(c2)OCO3)Cc2ccnn21. The summed E-state index contributed by atoms with van der Waals surface area (Å²) in [5.74, 6) is 1.71. The van der Waals surface area contributed by atoms with Crippen LogP contribution >= 0.6 is 0 Å². The van der Waals surface area contributed by atoms with Gasteiger partial charge in [0.25, 0.3) is 0 Å². The van der Waals surface area contributed by atoms with Gasteiger partial charge in [0.2, 0.25) is 6.79 Å². The van der Waals surface area contributed by atoms with Crippen LogP contribution in [-0.2, 0) is 13.1 Å².